The number of aryl methyl sites for hydroxylation is 1. The van der Waals surface area contributed by atoms with Crippen LogP contribution in [0.25, 0.3) is 0 Å². The smallest absolute Gasteiger partial charge is 0.0396 e. The SMILES string of the molecule is Cc1ccccc1N1CCC(C)NCC(C)C1. The van der Waals surface area contributed by atoms with Crippen LogP contribution < -0.4 is 10.2 Å². The monoisotopic (exact) mass is 232 g/mol. The van der Waals surface area contributed by atoms with Gasteiger partial charge in [0.1, 0.15) is 0 Å². The molecule has 17 heavy (non-hydrogen) atoms. The van der Waals surface area contributed by atoms with Gasteiger partial charge in [0.25, 0.3) is 0 Å². The van der Waals surface area contributed by atoms with Gasteiger partial charge in [0.2, 0.25) is 0 Å². The third-order valence-electron chi connectivity index (χ3n) is 3.64. The summed E-state index contributed by atoms with van der Waals surface area (Å²) >= 11 is 0. The Morgan fingerprint density at radius 1 is 1.24 bits per heavy atom. The first kappa shape index (κ1) is 12.4. The molecule has 2 unspecified atom stereocenters. The van der Waals surface area contributed by atoms with Crippen LogP contribution in [0.2, 0.25) is 0 Å². The summed E-state index contributed by atoms with van der Waals surface area (Å²) in [6.07, 6.45) is 1.22. The minimum atomic E-state index is 0.629. The molecule has 1 aliphatic rings. The number of rotatable bonds is 1. The lowest BCUT2D eigenvalue weighted by Crippen LogP contribution is -2.42. The predicted molar refractivity (Wildman–Crippen MR) is 74.6 cm³/mol. The number of benzene rings is 1. The summed E-state index contributed by atoms with van der Waals surface area (Å²) in [4.78, 5) is 2.55. The Morgan fingerprint density at radius 3 is 2.76 bits per heavy atom. The molecule has 1 saturated heterocycles. The van der Waals surface area contributed by atoms with E-state index in [1.54, 1.807) is 0 Å². The van der Waals surface area contributed by atoms with Crippen molar-refractivity contribution in [2.75, 3.05) is 24.5 Å². The van der Waals surface area contributed by atoms with Crippen molar-refractivity contribution in [2.45, 2.75) is 33.2 Å². The van der Waals surface area contributed by atoms with Crippen molar-refractivity contribution in [3.63, 3.8) is 0 Å². The van der Waals surface area contributed by atoms with E-state index in [4.69, 9.17) is 0 Å². The molecule has 1 aliphatic heterocycles. The number of para-hydroxylation sites is 1. The number of nitrogens with zero attached hydrogens (tertiary/aromatic N) is 1. The molecule has 0 saturated carbocycles. The van der Waals surface area contributed by atoms with Crippen LogP contribution in [0.5, 0.6) is 0 Å². The second-order valence-electron chi connectivity index (χ2n) is 5.44. The van der Waals surface area contributed by atoms with Gasteiger partial charge in [-0.3, -0.25) is 0 Å². The summed E-state index contributed by atoms with van der Waals surface area (Å²) in [5.74, 6) is 0.706. The molecular formula is C15H24N2. The zero-order chi connectivity index (χ0) is 12.3. The van der Waals surface area contributed by atoms with Gasteiger partial charge in [-0.2, -0.15) is 0 Å². The Bertz CT molecular complexity index is 362. The standard InChI is InChI=1S/C15H24N2/c1-12-10-16-14(3)8-9-17(11-12)15-7-5-4-6-13(15)2/h4-7,12,14,16H,8-11H2,1-3H3. The molecular weight excluding hydrogens is 208 g/mol. The predicted octanol–water partition coefficient (Wildman–Crippen LogP) is 2.82. The minimum Gasteiger partial charge on any atom is -0.371 e. The molecule has 2 nitrogen and oxygen atoms in total. The Balaban J connectivity index is 2.15. The van der Waals surface area contributed by atoms with E-state index in [2.05, 4.69) is 55.3 Å². The molecule has 0 aliphatic carbocycles. The Labute approximate surface area is 105 Å². The largest absolute Gasteiger partial charge is 0.371 e. The van der Waals surface area contributed by atoms with Gasteiger partial charge >= 0.3 is 0 Å². The molecule has 1 fully saturated rings. The van der Waals surface area contributed by atoms with Gasteiger partial charge in [0, 0.05) is 24.8 Å². The first-order valence-electron chi connectivity index (χ1n) is 6.71. The van der Waals surface area contributed by atoms with Crippen LogP contribution >= 0.6 is 0 Å². The molecule has 1 N–H and O–H groups in total. The zero-order valence-corrected chi connectivity index (χ0v) is 11.2. The van der Waals surface area contributed by atoms with Crippen molar-refractivity contribution in [3.05, 3.63) is 29.8 Å². The lowest BCUT2D eigenvalue weighted by Gasteiger charge is -2.33. The number of hydrogen-bond donors (Lipinski definition) is 1. The summed E-state index contributed by atoms with van der Waals surface area (Å²) in [6, 6.07) is 9.36. The number of hydrogen-bond acceptors (Lipinski definition) is 2. The molecule has 1 aromatic rings. The zero-order valence-electron chi connectivity index (χ0n) is 11.2. The fourth-order valence-electron chi connectivity index (χ4n) is 2.52. The third-order valence-corrected chi connectivity index (χ3v) is 3.64. The maximum atomic E-state index is 3.59. The van der Waals surface area contributed by atoms with Crippen LogP contribution in [0.4, 0.5) is 5.69 Å². The van der Waals surface area contributed by atoms with Crippen LogP contribution in [-0.4, -0.2) is 25.7 Å². The minimum absolute atomic E-state index is 0.629. The molecule has 1 heterocycles. The topological polar surface area (TPSA) is 15.3 Å². The van der Waals surface area contributed by atoms with E-state index in [0.717, 1.165) is 19.6 Å². The molecule has 0 spiro atoms. The maximum Gasteiger partial charge on any atom is 0.0396 e. The van der Waals surface area contributed by atoms with Gasteiger partial charge in [-0.1, -0.05) is 25.1 Å². The van der Waals surface area contributed by atoms with E-state index in [-0.39, 0.29) is 0 Å². The summed E-state index contributed by atoms with van der Waals surface area (Å²) < 4.78 is 0. The Hall–Kier alpha value is -1.02. The third kappa shape index (κ3) is 3.22. The molecule has 0 amide bonds. The van der Waals surface area contributed by atoms with Gasteiger partial charge < -0.3 is 10.2 Å². The molecule has 2 heteroatoms. The van der Waals surface area contributed by atoms with Crippen molar-refractivity contribution >= 4 is 5.69 Å². The Morgan fingerprint density at radius 2 is 2.00 bits per heavy atom. The first-order chi connectivity index (χ1) is 8.16. The molecule has 94 valence electrons. The highest BCUT2D eigenvalue weighted by molar-refractivity contribution is 5.53. The van der Waals surface area contributed by atoms with Crippen LogP contribution in [0, 0.1) is 12.8 Å². The van der Waals surface area contributed by atoms with Gasteiger partial charge in [0.15, 0.2) is 0 Å². The second-order valence-corrected chi connectivity index (χ2v) is 5.44. The normalized spacial score (nSPS) is 26.4. The average molecular weight is 232 g/mol. The van der Waals surface area contributed by atoms with Gasteiger partial charge in [-0.15, -0.1) is 0 Å². The van der Waals surface area contributed by atoms with Crippen molar-refractivity contribution in [1.82, 2.24) is 5.32 Å². The van der Waals surface area contributed by atoms with Crippen molar-refractivity contribution < 1.29 is 0 Å². The van der Waals surface area contributed by atoms with Crippen LogP contribution in [0.3, 0.4) is 0 Å². The fourth-order valence-corrected chi connectivity index (χ4v) is 2.52. The molecule has 2 atom stereocenters. The van der Waals surface area contributed by atoms with Gasteiger partial charge in [-0.25, -0.2) is 0 Å². The van der Waals surface area contributed by atoms with E-state index < -0.39 is 0 Å². The van der Waals surface area contributed by atoms with Crippen molar-refractivity contribution in [3.8, 4) is 0 Å². The van der Waals surface area contributed by atoms with Gasteiger partial charge in [-0.05, 0) is 44.4 Å². The highest BCUT2D eigenvalue weighted by Gasteiger charge is 2.17. The van der Waals surface area contributed by atoms with E-state index in [1.165, 1.54) is 17.7 Å². The van der Waals surface area contributed by atoms with Gasteiger partial charge in [0.05, 0.1) is 0 Å². The quantitative estimate of drug-likeness (QED) is 0.801. The second kappa shape index (κ2) is 5.54. The fraction of sp³-hybridized carbons (Fsp3) is 0.600. The van der Waals surface area contributed by atoms with Crippen LogP contribution in [0.1, 0.15) is 25.8 Å². The first-order valence-corrected chi connectivity index (χ1v) is 6.71. The highest BCUT2D eigenvalue weighted by atomic mass is 15.1. The number of anilines is 1. The maximum absolute atomic E-state index is 3.59. The summed E-state index contributed by atoms with van der Waals surface area (Å²) in [7, 11) is 0. The van der Waals surface area contributed by atoms with Crippen LogP contribution in [0.15, 0.2) is 24.3 Å². The molecule has 2 rings (SSSR count). The Kier molecular flexibility index (Phi) is 4.06. The molecule has 0 aromatic heterocycles. The molecule has 1 aromatic carbocycles. The van der Waals surface area contributed by atoms with E-state index in [0.29, 0.717) is 12.0 Å². The lowest BCUT2D eigenvalue weighted by molar-refractivity contribution is 0.410. The molecule has 0 radical (unpaired) electrons. The summed E-state index contributed by atoms with van der Waals surface area (Å²) in [5, 5.41) is 3.59. The van der Waals surface area contributed by atoms with E-state index in [1.807, 2.05) is 0 Å². The molecule has 0 bridgehead atoms. The summed E-state index contributed by atoms with van der Waals surface area (Å²) in [6.45, 7) is 10.3. The van der Waals surface area contributed by atoms with E-state index >= 15 is 0 Å². The van der Waals surface area contributed by atoms with E-state index in [9.17, 15) is 0 Å². The lowest BCUT2D eigenvalue weighted by atomic mass is 10.1. The van der Waals surface area contributed by atoms with Crippen molar-refractivity contribution in [1.29, 1.82) is 0 Å². The average Bonchev–Trinajstić information content (AvgIpc) is 2.31. The summed E-state index contributed by atoms with van der Waals surface area (Å²) in [5.41, 5.74) is 2.80. The van der Waals surface area contributed by atoms with Crippen molar-refractivity contribution in [2.24, 2.45) is 5.92 Å². The van der Waals surface area contributed by atoms with Crippen LogP contribution in [-0.2, 0) is 0 Å². The number of nitrogens with one attached hydrogen (secondary N) is 1. The highest BCUT2D eigenvalue weighted by Crippen LogP contribution is 2.22.